The predicted octanol–water partition coefficient (Wildman–Crippen LogP) is 9.51. The van der Waals surface area contributed by atoms with Crippen LogP contribution in [0.25, 0.3) is 32.1 Å². The molecular weight excluding hydrogens is 706 g/mol. The molecule has 0 aliphatic carbocycles. The van der Waals surface area contributed by atoms with Crippen LogP contribution in [0, 0.1) is 18.8 Å². The Kier molecular flexibility index (Phi) is 6.22. The molecule has 0 unspecified atom stereocenters. The van der Waals surface area contributed by atoms with Crippen molar-refractivity contribution in [2.45, 2.75) is 26.2 Å². The third-order valence-corrected chi connectivity index (χ3v) is 8.08. The quantitative estimate of drug-likeness (QED) is 0.169. The molecule has 4 nitrogen and oxygen atoms in total. The summed E-state index contributed by atoms with van der Waals surface area (Å²) in [6.45, 7) is 5.90. The average molecular weight is 737 g/mol. The molecule has 0 N–H and O–H groups in total. The normalized spacial score (nSPS) is 14.4. The van der Waals surface area contributed by atoms with Crippen molar-refractivity contribution in [2.75, 3.05) is 16.8 Å². The maximum atomic E-state index is 7.99. The fraction of sp³-hybridized carbons (Fsp3) is 0.143. The van der Waals surface area contributed by atoms with Crippen LogP contribution in [-0.4, -0.2) is 12.0 Å². The SMILES string of the molecule is [2H]C([2H])([2H])N1[CH-]N(c2[c-]c(Oc3[c-]c4c(-c5cc(C(C)(C)C)ccn5)c5ccccc5cc4s3)ccc2)c2ccccc21.[Pt]. The number of rotatable bonds is 4. The van der Waals surface area contributed by atoms with Crippen molar-refractivity contribution in [3.8, 4) is 22.1 Å². The summed E-state index contributed by atoms with van der Waals surface area (Å²) < 4.78 is 31.4. The van der Waals surface area contributed by atoms with Crippen LogP contribution in [0.5, 0.6) is 10.8 Å². The van der Waals surface area contributed by atoms with Crippen molar-refractivity contribution in [3.05, 3.63) is 115 Å². The van der Waals surface area contributed by atoms with Crippen LogP contribution in [-0.2, 0) is 26.5 Å². The van der Waals surface area contributed by atoms with Gasteiger partial charge in [0.2, 0.25) is 0 Å². The zero-order valence-electron chi connectivity index (χ0n) is 25.7. The first-order valence-electron chi connectivity index (χ1n) is 14.6. The maximum Gasteiger partial charge on any atom is 0.107 e. The van der Waals surface area contributed by atoms with E-state index in [1.54, 1.807) is 12.7 Å². The van der Waals surface area contributed by atoms with Gasteiger partial charge in [0.1, 0.15) is 5.06 Å². The Morgan fingerprint density at radius 1 is 0.927 bits per heavy atom. The molecular formula is C35H28N3OPtS-3. The van der Waals surface area contributed by atoms with Crippen molar-refractivity contribution in [1.29, 1.82) is 0 Å². The smallest absolute Gasteiger partial charge is 0.107 e. The fourth-order valence-electron chi connectivity index (χ4n) is 5.14. The van der Waals surface area contributed by atoms with E-state index in [4.69, 9.17) is 13.8 Å². The van der Waals surface area contributed by atoms with E-state index in [0.717, 1.165) is 37.8 Å². The Labute approximate surface area is 263 Å². The number of pyridine rings is 1. The van der Waals surface area contributed by atoms with Gasteiger partial charge in [-0.3, -0.25) is 4.98 Å². The minimum atomic E-state index is -2.31. The van der Waals surface area contributed by atoms with Gasteiger partial charge in [-0.05, 0) is 47.6 Å². The van der Waals surface area contributed by atoms with Crippen molar-refractivity contribution < 1.29 is 29.9 Å². The van der Waals surface area contributed by atoms with Crippen molar-refractivity contribution in [3.63, 3.8) is 0 Å². The molecule has 0 fully saturated rings. The van der Waals surface area contributed by atoms with E-state index in [0.29, 0.717) is 22.2 Å². The van der Waals surface area contributed by atoms with E-state index < -0.39 is 6.98 Å². The number of fused-ring (bicyclic) bond motifs is 3. The van der Waals surface area contributed by atoms with Crippen LogP contribution in [0.4, 0.5) is 17.1 Å². The number of para-hydroxylation sites is 2. The molecule has 0 saturated carbocycles. The number of ether oxygens (including phenoxy) is 1. The molecule has 1 aliphatic heterocycles. The van der Waals surface area contributed by atoms with E-state index >= 15 is 0 Å². The molecule has 1 aliphatic rings. The number of nitrogens with zero attached hydrogens (tertiary/aromatic N) is 3. The molecule has 6 aromatic rings. The summed E-state index contributed by atoms with van der Waals surface area (Å²) >= 11 is 1.53. The van der Waals surface area contributed by atoms with E-state index in [1.807, 2.05) is 53.6 Å². The average Bonchev–Trinajstić information content (AvgIpc) is 3.57. The van der Waals surface area contributed by atoms with Gasteiger partial charge in [0.05, 0.1) is 0 Å². The molecule has 7 rings (SSSR count). The first-order valence-corrected chi connectivity index (χ1v) is 14.0. The second-order valence-corrected chi connectivity index (χ2v) is 11.9. The monoisotopic (exact) mass is 736 g/mol. The van der Waals surface area contributed by atoms with Gasteiger partial charge >= 0.3 is 0 Å². The van der Waals surface area contributed by atoms with Gasteiger partial charge in [-0.25, -0.2) is 0 Å². The standard InChI is InChI=1S/C35H28N3OS.Pt/c1-35(2,3)24-16-17-36-29(19-24)34-27-13-6-5-10-23(27)18-32-28(34)21-33(40-32)39-26-12-9-11-25(20-26)38-22-37(4)30-14-7-8-15-31(30)38;/h5-19,22H,1-4H3;/q-3;/i4D3;. The first-order chi connectivity index (χ1) is 20.6. The molecule has 0 atom stereocenters. The van der Waals surface area contributed by atoms with Crippen LogP contribution in [0.3, 0.4) is 0 Å². The molecule has 3 heterocycles. The minimum absolute atomic E-state index is 0. The molecule has 2 aromatic heterocycles. The predicted molar refractivity (Wildman–Crippen MR) is 167 cm³/mol. The molecule has 208 valence electrons. The van der Waals surface area contributed by atoms with E-state index in [9.17, 15) is 0 Å². The third kappa shape index (κ3) is 5.03. The molecule has 0 bridgehead atoms. The summed E-state index contributed by atoms with van der Waals surface area (Å²) in [6.07, 6.45) is 1.88. The Morgan fingerprint density at radius 3 is 2.56 bits per heavy atom. The Hall–Kier alpha value is -3.66. The minimum Gasteiger partial charge on any atom is -0.504 e. The van der Waals surface area contributed by atoms with Crippen molar-refractivity contribution in [1.82, 2.24) is 4.98 Å². The van der Waals surface area contributed by atoms with Crippen molar-refractivity contribution >= 4 is 49.3 Å². The zero-order valence-corrected chi connectivity index (χ0v) is 25.8. The summed E-state index contributed by atoms with van der Waals surface area (Å²) in [5, 5.41) is 3.82. The molecule has 41 heavy (non-hydrogen) atoms. The van der Waals surface area contributed by atoms with Crippen LogP contribution < -0.4 is 14.5 Å². The van der Waals surface area contributed by atoms with Crippen LogP contribution in [0.1, 0.15) is 30.4 Å². The third-order valence-electron chi connectivity index (χ3n) is 7.17. The van der Waals surface area contributed by atoms with Gasteiger partial charge in [-0.15, -0.1) is 30.0 Å². The number of anilines is 3. The van der Waals surface area contributed by atoms with E-state index in [1.165, 1.54) is 21.8 Å². The summed E-state index contributed by atoms with van der Waals surface area (Å²) in [6, 6.07) is 34.7. The number of thiophene rings is 1. The Balaban J connectivity index is 0.00000343. The second-order valence-electron chi connectivity index (χ2n) is 10.9. The van der Waals surface area contributed by atoms with Gasteiger partial charge in [0, 0.05) is 54.2 Å². The van der Waals surface area contributed by atoms with Gasteiger partial charge in [0.25, 0.3) is 0 Å². The topological polar surface area (TPSA) is 28.6 Å². The molecule has 0 spiro atoms. The summed E-state index contributed by atoms with van der Waals surface area (Å²) in [5.74, 6) is 0.512. The maximum absolute atomic E-state index is 7.99. The van der Waals surface area contributed by atoms with Crippen LogP contribution in [0.15, 0.2) is 91.1 Å². The summed E-state index contributed by atoms with van der Waals surface area (Å²) in [7, 11) is 0. The van der Waals surface area contributed by atoms with Gasteiger partial charge < -0.3 is 14.5 Å². The van der Waals surface area contributed by atoms with Gasteiger partial charge in [-0.2, -0.15) is 29.5 Å². The zero-order chi connectivity index (χ0) is 29.9. The van der Waals surface area contributed by atoms with E-state index in [2.05, 4.69) is 69.3 Å². The largest absolute Gasteiger partial charge is 0.504 e. The summed E-state index contributed by atoms with van der Waals surface area (Å²) in [4.78, 5) is 7.92. The van der Waals surface area contributed by atoms with Gasteiger partial charge in [0.15, 0.2) is 0 Å². The molecule has 4 aromatic carbocycles. The summed E-state index contributed by atoms with van der Waals surface area (Å²) in [5.41, 5.74) is 5.21. The Morgan fingerprint density at radius 2 is 1.73 bits per heavy atom. The van der Waals surface area contributed by atoms with E-state index in [-0.39, 0.29) is 26.5 Å². The molecule has 0 saturated heterocycles. The van der Waals surface area contributed by atoms with Crippen LogP contribution in [0.2, 0.25) is 0 Å². The molecule has 0 radical (unpaired) electrons. The van der Waals surface area contributed by atoms with Crippen LogP contribution >= 0.6 is 11.3 Å². The first kappa shape index (κ1) is 24.0. The fourth-order valence-corrected chi connectivity index (χ4v) is 6.06. The number of benzene rings is 4. The number of hydrogen-bond donors (Lipinski definition) is 0. The molecule has 6 heteroatoms. The number of aromatic nitrogens is 1. The van der Waals surface area contributed by atoms with Gasteiger partial charge in [-0.1, -0.05) is 78.9 Å². The number of hydrogen-bond acceptors (Lipinski definition) is 5. The Bertz CT molecular complexity index is 2000. The van der Waals surface area contributed by atoms with Crippen molar-refractivity contribution in [2.24, 2.45) is 0 Å². The second kappa shape index (κ2) is 10.6. The molecule has 0 amide bonds.